The average Bonchev–Trinajstić information content (AvgIpc) is 2.58. The van der Waals surface area contributed by atoms with Crippen molar-refractivity contribution in [3.8, 4) is 0 Å². The number of hydrogen-bond acceptors (Lipinski definition) is 7. The van der Waals surface area contributed by atoms with Crippen LogP contribution < -0.4 is 11.2 Å². The van der Waals surface area contributed by atoms with E-state index in [1.165, 1.54) is 0 Å². The Hall–Kier alpha value is -1.52. The molecule has 1 aliphatic rings. The normalized spacial score (nSPS) is 31.7. The Morgan fingerprint density at radius 3 is 2.72 bits per heavy atom. The van der Waals surface area contributed by atoms with Gasteiger partial charge in [0.25, 0.3) is 5.56 Å². The SMILES string of the molecule is O=c1ccn([C@H]2O[C@@H](COO)C(O)C2O)c(=O)[nH]1. The first-order chi connectivity index (χ1) is 8.54. The van der Waals surface area contributed by atoms with Gasteiger partial charge in [0.2, 0.25) is 0 Å². The van der Waals surface area contributed by atoms with Crippen LogP contribution in [0.2, 0.25) is 0 Å². The minimum Gasteiger partial charge on any atom is -0.387 e. The first-order valence-corrected chi connectivity index (χ1v) is 5.14. The van der Waals surface area contributed by atoms with Crippen molar-refractivity contribution in [2.45, 2.75) is 24.5 Å². The molecule has 0 spiro atoms. The summed E-state index contributed by atoms with van der Waals surface area (Å²) in [5.41, 5.74) is -1.36. The van der Waals surface area contributed by atoms with Crippen LogP contribution in [0.5, 0.6) is 0 Å². The highest BCUT2D eigenvalue weighted by Gasteiger charge is 2.44. The molecule has 9 nitrogen and oxygen atoms in total. The number of aliphatic hydroxyl groups is 2. The molecule has 1 aromatic heterocycles. The molecule has 0 aliphatic carbocycles. The van der Waals surface area contributed by atoms with Gasteiger partial charge >= 0.3 is 5.69 Å². The Morgan fingerprint density at radius 2 is 2.11 bits per heavy atom. The number of nitrogens with one attached hydrogen (secondary N) is 1. The summed E-state index contributed by atoms with van der Waals surface area (Å²) in [6, 6.07) is 1.08. The summed E-state index contributed by atoms with van der Waals surface area (Å²) in [6.45, 7) is -0.354. The summed E-state index contributed by atoms with van der Waals surface area (Å²) in [4.78, 5) is 28.2. The van der Waals surface area contributed by atoms with Gasteiger partial charge in [-0.1, -0.05) is 0 Å². The molecule has 2 heterocycles. The molecule has 0 saturated carbocycles. The first kappa shape index (κ1) is 12.9. The molecule has 0 radical (unpaired) electrons. The quantitative estimate of drug-likeness (QED) is 0.353. The minimum absolute atomic E-state index is 0.354. The summed E-state index contributed by atoms with van der Waals surface area (Å²) < 4.78 is 6.13. The van der Waals surface area contributed by atoms with Crippen molar-refractivity contribution < 1.29 is 25.1 Å². The Labute approximate surface area is 99.8 Å². The van der Waals surface area contributed by atoms with Gasteiger partial charge in [0, 0.05) is 12.3 Å². The van der Waals surface area contributed by atoms with Crippen LogP contribution >= 0.6 is 0 Å². The van der Waals surface area contributed by atoms with Gasteiger partial charge in [-0.25, -0.2) is 9.68 Å². The van der Waals surface area contributed by atoms with E-state index in [0.29, 0.717) is 0 Å². The number of rotatable bonds is 3. The van der Waals surface area contributed by atoms with Gasteiger partial charge < -0.3 is 14.9 Å². The van der Waals surface area contributed by atoms with E-state index >= 15 is 0 Å². The van der Waals surface area contributed by atoms with E-state index in [2.05, 4.69) is 4.89 Å². The van der Waals surface area contributed by atoms with Gasteiger partial charge in [0.05, 0.1) is 0 Å². The van der Waals surface area contributed by atoms with Crippen LogP contribution in [-0.4, -0.2) is 49.9 Å². The summed E-state index contributed by atoms with van der Waals surface area (Å²) in [5.74, 6) is 0. The summed E-state index contributed by atoms with van der Waals surface area (Å²) >= 11 is 0. The fourth-order valence-corrected chi connectivity index (χ4v) is 1.80. The third-order valence-electron chi connectivity index (χ3n) is 2.70. The number of aromatic nitrogens is 2. The Morgan fingerprint density at radius 1 is 1.39 bits per heavy atom. The van der Waals surface area contributed by atoms with Crippen LogP contribution in [0.25, 0.3) is 0 Å². The van der Waals surface area contributed by atoms with E-state index in [1.54, 1.807) is 0 Å². The molecule has 18 heavy (non-hydrogen) atoms. The van der Waals surface area contributed by atoms with Gasteiger partial charge in [-0.05, 0) is 0 Å². The molecule has 0 bridgehead atoms. The first-order valence-electron chi connectivity index (χ1n) is 5.14. The van der Waals surface area contributed by atoms with E-state index in [0.717, 1.165) is 16.8 Å². The zero-order valence-electron chi connectivity index (χ0n) is 9.09. The van der Waals surface area contributed by atoms with Gasteiger partial charge in [-0.15, -0.1) is 0 Å². The van der Waals surface area contributed by atoms with Crippen LogP contribution in [0.1, 0.15) is 6.23 Å². The number of nitrogens with zero attached hydrogens (tertiary/aromatic N) is 1. The van der Waals surface area contributed by atoms with Crippen molar-refractivity contribution in [2.24, 2.45) is 0 Å². The second-order valence-electron chi connectivity index (χ2n) is 3.86. The third kappa shape index (κ3) is 2.21. The van der Waals surface area contributed by atoms with E-state index in [-0.39, 0.29) is 6.61 Å². The number of aromatic amines is 1. The molecule has 1 aliphatic heterocycles. The Bertz CT molecular complexity index is 524. The van der Waals surface area contributed by atoms with Gasteiger partial charge in [0.15, 0.2) is 6.23 Å². The molecule has 9 heteroatoms. The molecule has 0 aromatic carbocycles. The van der Waals surface area contributed by atoms with Gasteiger partial charge in [-0.2, -0.15) is 0 Å². The average molecular weight is 260 g/mol. The van der Waals surface area contributed by atoms with Gasteiger partial charge in [-0.3, -0.25) is 19.6 Å². The highest BCUT2D eigenvalue weighted by atomic mass is 17.1. The molecule has 4 N–H and O–H groups in total. The van der Waals surface area contributed by atoms with Crippen LogP contribution in [-0.2, 0) is 9.62 Å². The molecule has 0 amide bonds. The van der Waals surface area contributed by atoms with E-state index in [1.807, 2.05) is 4.98 Å². The monoisotopic (exact) mass is 260 g/mol. The molecule has 100 valence electrons. The van der Waals surface area contributed by atoms with E-state index in [4.69, 9.17) is 9.99 Å². The van der Waals surface area contributed by atoms with Crippen molar-refractivity contribution in [1.29, 1.82) is 0 Å². The topological polar surface area (TPSA) is 134 Å². The number of ether oxygens (including phenoxy) is 1. The molecular formula is C9H12N2O7. The third-order valence-corrected chi connectivity index (χ3v) is 2.70. The van der Waals surface area contributed by atoms with Crippen LogP contribution in [0, 0.1) is 0 Å². The summed E-state index contributed by atoms with van der Waals surface area (Å²) in [5, 5.41) is 27.6. The van der Waals surface area contributed by atoms with Crippen LogP contribution in [0.3, 0.4) is 0 Å². The zero-order valence-corrected chi connectivity index (χ0v) is 9.09. The van der Waals surface area contributed by atoms with Gasteiger partial charge in [0.1, 0.15) is 24.9 Å². The lowest BCUT2D eigenvalue weighted by atomic mass is 10.1. The summed E-state index contributed by atoms with van der Waals surface area (Å²) in [6.07, 6.45) is -3.70. The maximum absolute atomic E-state index is 11.5. The maximum Gasteiger partial charge on any atom is 0.330 e. The molecule has 4 atom stereocenters. The number of aliphatic hydroxyl groups excluding tert-OH is 2. The number of H-pyrrole nitrogens is 1. The lowest BCUT2D eigenvalue weighted by Crippen LogP contribution is -2.37. The smallest absolute Gasteiger partial charge is 0.330 e. The van der Waals surface area contributed by atoms with Crippen molar-refractivity contribution in [2.75, 3.05) is 6.61 Å². The minimum atomic E-state index is -1.38. The molecule has 1 saturated heterocycles. The fourth-order valence-electron chi connectivity index (χ4n) is 1.80. The molecule has 2 unspecified atom stereocenters. The zero-order chi connectivity index (χ0) is 13.3. The van der Waals surface area contributed by atoms with Crippen molar-refractivity contribution in [3.05, 3.63) is 33.1 Å². The highest BCUT2D eigenvalue weighted by Crippen LogP contribution is 2.28. The second-order valence-corrected chi connectivity index (χ2v) is 3.86. The number of hydrogen-bond donors (Lipinski definition) is 4. The largest absolute Gasteiger partial charge is 0.387 e. The van der Waals surface area contributed by atoms with Crippen molar-refractivity contribution >= 4 is 0 Å². The maximum atomic E-state index is 11.5. The molecule has 2 rings (SSSR count). The molecule has 1 aromatic rings. The lowest BCUT2D eigenvalue weighted by molar-refractivity contribution is -0.264. The highest BCUT2D eigenvalue weighted by molar-refractivity contribution is 4.92. The predicted octanol–water partition coefficient (Wildman–Crippen LogP) is -2.35. The standard InChI is InChI=1S/C9H12N2O7/c12-5-1-2-11(9(15)10-5)8-7(14)6(13)4(18-8)3-17-16/h1-2,4,6-8,13-14,16H,3H2,(H,10,12,15)/t4-,6?,7?,8-/m0/s1. The van der Waals surface area contributed by atoms with Crippen molar-refractivity contribution in [1.82, 2.24) is 9.55 Å². The second kappa shape index (κ2) is 5.00. The van der Waals surface area contributed by atoms with Crippen molar-refractivity contribution in [3.63, 3.8) is 0 Å². The summed E-state index contributed by atoms with van der Waals surface area (Å²) in [7, 11) is 0. The van der Waals surface area contributed by atoms with E-state index in [9.17, 15) is 19.8 Å². The predicted molar refractivity (Wildman–Crippen MR) is 55.8 cm³/mol. The van der Waals surface area contributed by atoms with Crippen LogP contribution in [0.4, 0.5) is 0 Å². The van der Waals surface area contributed by atoms with Crippen LogP contribution in [0.15, 0.2) is 21.9 Å². The molecular weight excluding hydrogens is 248 g/mol. The lowest BCUT2D eigenvalue weighted by Gasteiger charge is -2.16. The fraction of sp³-hybridized carbons (Fsp3) is 0.556. The Balaban J connectivity index is 2.29. The Kier molecular flexibility index (Phi) is 3.59. The molecule has 1 fully saturated rings. The van der Waals surface area contributed by atoms with E-state index < -0.39 is 35.8 Å².